The maximum absolute atomic E-state index is 13.0. The van der Waals surface area contributed by atoms with E-state index in [1.165, 1.54) is 5.56 Å². The number of aromatic nitrogens is 3. The third-order valence-corrected chi connectivity index (χ3v) is 5.13. The Morgan fingerprint density at radius 3 is 2.88 bits per heavy atom. The van der Waals surface area contributed by atoms with Crippen LogP contribution in [-0.2, 0) is 13.0 Å². The molecule has 1 fully saturated rings. The van der Waals surface area contributed by atoms with E-state index in [9.17, 15) is 4.79 Å². The van der Waals surface area contributed by atoms with Gasteiger partial charge in [0, 0.05) is 61.5 Å². The predicted octanol–water partition coefficient (Wildman–Crippen LogP) is 2.23. The molecule has 0 spiro atoms. The lowest BCUT2D eigenvalue weighted by Gasteiger charge is -2.35. The summed E-state index contributed by atoms with van der Waals surface area (Å²) in [5, 5.41) is 0. The Morgan fingerprint density at radius 1 is 1.20 bits per heavy atom. The third-order valence-electron chi connectivity index (χ3n) is 5.13. The number of hydrogen-bond acceptors (Lipinski definition) is 5. The Kier molecular flexibility index (Phi) is 4.44. The van der Waals surface area contributed by atoms with Gasteiger partial charge in [0.25, 0.3) is 5.91 Å². The van der Waals surface area contributed by atoms with E-state index in [0.29, 0.717) is 5.56 Å². The van der Waals surface area contributed by atoms with Gasteiger partial charge in [-0.3, -0.25) is 9.78 Å². The van der Waals surface area contributed by atoms with Crippen LogP contribution >= 0.6 is 0 Å². The molecule has 1 amide bonds. The van der Waals surface area contributed by atoms with Crippen LogP contribution in [-0.4, -0.2) is 50.8 Å². The van der Waals surface area contributed by atoms with Crippen LogP contribution in [0.3, 0.4) is 0 Å². The largest absolute Gasteiger partial charge is 0.328 e. The standard InChI is InChI=1S/C19H23N5O/c1-23-11-7-16-15(13-23)12-21-18(22-16)17-4-2-3-10-24(17)19(25)14-5-8-20-9-6-14/h5-6,8-9,12,17H,2-4,7,10-11,13H2,1H3/t17-/m0/s1. The molecule has 2 aromatic heterocycles. The van der Waals surface area contributed by atoms with Gasteiger partial charge < -0.3 is 9.80 Å². The molecule has 6 heteroatoms. The zero-order chi connectivity index (χ0) is 17.2. The summed E-state index contributed by atoms with van der Waals surface area (Å²) in [5.41, 5.74) is 3.03. The number of rotatable bonds is 2. The molecule has 4 heterocycles. The van der Waals surface area contributed by atoms with Crippen molar-refractivity contribution in [3.63, 3.8) is 0 Å². The first kappa shape index (κ1) is 16.1. The van der Waals surface area contributed by atoms with E-state index in [-0.39, 0.29) is 11.9 Å². The van der Waals surface area contributed by atoms with Crippen LogP contribution in [0, 0.1) is 0 Å². The summed E-state index contributed by atoms with van der Waals surface area (Å²) in [6.07, 6.45) is 9.30. The van der Waals surface area contributed by atoms with Gasteiger partial charge in [0.1, 0.15) is 0 Å². The van der Waals surface area contributed by atoms with Crippen LogP contribution in [0.1, 0.15) is 52.7 Å². The fourth-order valence-electron chi connectivity index (χ4n) is 3.74. The fourth-order valence-corrected chi connectivity index (χ4v) is 3.74. The Labute approximate surface area is 147 Å². The van der Waals surface area contributed by atoms with Crippen LogP contribution < -0.4 is 0 Å². The number of hydrogen-bond donors (Lipinski definition) is 0. The Morgan fingerprint density at radius 2 is 2.04 bits per heavy atom. The highest BCUT2D eigenvalue weighted by molar-refractivity contribution is 5.94. The number of piperidine rings is 1. The maximum atomic E-state index is 13.0. The molecule has 1 saturated heterocycles. The summed E-state index contributed by atoms with van der Waals surface area (Å²) in [6, 6.07) is 3.52. The van der Waals surface area contributed by atoms with Crippen LogP contribution in [0.15, 0.2) is 30.7 Å². The number of fused-ring (bicyclic) bond motifs is 1. The highest BCUT2D eigenvalue weighted by Gasteiger charge is 2.31. The molecule has 130 valence electrons. The van der Waals surface area contributed by atoms with Gasteiger partial charge in [0.2, 0.25) is 0 Å². The molecule has 2 aliphatic rings. The second kappa shape index (κ2) is 6.88. The van der Waals surface area contributed by atoms with Crippen molar-refractivity contribution in [3.8, 4) is 0 Å². The zero-order valence-electron chi connectivity index (χ0n) is 14.6. The average molecular weight is 337 g/mol. The number of amides is 1. The number of carbonyl (C=O) groups is 1. The molecule has 6 nitrogen and oxygen atoms in total. The highest BCUT2D eigenvalue weighted by atomic mass is 16.2. The average Bonchev–Trinajstić information content (AvgIpc) is 2.67. The van der Waals surface area contributed by atoms with E-state index < -0.39 is 0 Å². The smallest absolute Gasteiger partial charge is 0.254 e. The lowest BCUT2D eigenvalue weighted by molar-refractivity contribution is 0.0599. The molecule has 0 bridgehead atoms. The summed E-state index contributed by atoms with van der Waals surface area (Å²) >= 11 is 0. The lowest BCUT2D eigenvalue weighted by Crippen LogP contribution is -2.39. The van der Waals surface area contributed by atoms with Crippen LogP contribution in [0.4, 0.5) is 0 Å². The Balaban J connectivity index is 1.62. The predicted molar refractivity (Wildman–Crippen MR) is 93.9 cm³/mol. The SMILES string of the molecule is CN1CCc2nc([C@@H]3CCCCN3C(=O)c3ccncc3)ncc2C1. The number of carbonyl (C=O) groups excluding carboxylic acids is 1. The van der Waals surface area contributed by atoms with Crippen molar-refractivity contribution in [2.24, 2.45) is 0 Å². The van der Waals surface area contributed by atoms with Crippen molar-refractivity contribution in [3.05, 3.63) is 53.4 Å². The minimum atomic E-state index is -0.0284. The van der Waals surface area contributed by atoms with Crippen molar-refractivity contribution in [2.75, 3.05) is 20.1 Å². The summed E-state index contributed by atoms with van der Waals surface area (Å²) in [4.78, 5) is 30.7. The topological polar surface area (TPSA) is 62.2 Å². The molecule has 4 rings (SSSR count). The molecule has 0 N–H and O–H groups in total. The number of pyridine rings is 1. The van der Waals surface area contributed by atoms with Gasteiger partial charge in [-0.2, -0.15) is 0 Å². The molecule has 0 radical (unpaired) electrons. The number of likely N-dealkylation sites (tertiary alicyclic amines) is 1. The van der Waals surface area contributed by atoms with Gasteiger partial charge >= 0.3 is 0 Å². The normalized spacial score (nSPS) is 21.0. The summed E-state index contributed by atoms with van der Waals surface area (Å²) < 4.78 is 0. The third kappa shape index (κ3) is 3.26. The monoisotopic (exact) mass is 337 g/mol. The molecule has 2 aromatic rings. The maximum Gasteiger partial charge on any atom is 0.254 e. The van der Waals surface area contributed by atoms with E-state index in [4.69, 9.17) is 4.98 Å². The molecule has 1 atom stereocenters. The van der Waals surface area contributed by atoms with Crippen LogP contribution in [0.2, 0.25) is 0 Å². The highest BCUT2D eigenvalue weighted by Crippen LogP contribution is 2.31. The van der Waals surface area contributed by atoms with Crippen LogP contribution in [0.25, 0.3) is 0 Å². The second-order valence-electron chi connectivity index (χ2n) is 6.93. The first-order valence-corrected chi connectivity index (χ1v) is 8.96. The van der Waals surface area contributed by atoms with Gasteiger partial charge in [0.15, 0.2) is 5.82 Å². The summed E-state index contributed by atoms with van der Waals surface area (Å²) in [6.45, 7) is 2.68. The zero-order valence-corrected chi connectivity index (χ0v) is 14.6. The van der Waals surface area contributed by atoms with Gasteiger partial charge in [-0.05, 0) is 38.4 Å². The number of likely N-dealkylation sites (N-methyl/N-ethyl adjacent to an activating group) is 1. The first-order chi connectivity index (χ1) is 12.2. The van der Waals surface area contributed by atoms with Gasteiger partial charge in [-0.1, -0.05) is 0 Å². The van der Waals surface area contributed by atoms with Gasteiger partial charge in [-0.25, -0.2) is 9.97 Å². The second-order valence-corrected chi connectivity index (χ2v) is 6.93. The van der Waals surface area contributed by atoms with E-state index in [2.05, 4.69) is 21.9 Å². The molecule has 0 aliphatic carbocycles. The van der Waals surface area contributed by atoms with Crippen molar-refractivity contribution in [2.45, 2.75) is 38.3 Å². The molecule has 0 unspecified atom stereocenters. The molecule has 2 aliphatic heterocycles. The van der Waals surface area contributed by atoms with E-state index >= 15 is 0 Å². The van der Waals surface area contributed by atoms with Crippen LogP contribution in [0.5, 0.6) is 0 Å². The van der Waals surface area contributed by atoms with Crippen molar-refractivity contribution >= 4 is 5.91 Å². The molecule has 0 saturated carbocycles. The Hall–Kier alpha value is -2.34. The molecular formula is C19H23N5O. The summed E-state index contributed by atoms with van der Waals surface area (Å²) in [5.74, 6) is 0.846. The van der Waals surface area contributed by atoms with E-state index in [1.54, 1.807) is 24.5 Å². The summed E-state index contributed by atoms with van der Waals surface area (Å²) in [7, 11) is 2.12. The van der Waals surface area contributed by atoms with E-state index in [1.807, 2.05) is 11.1 Å². The molecular weight excluding hydrogens is 314 g/mol. The van der Waals surface area contributed by atoms with E-state index in [0.717, 1.165) is 56.8 Å². The first-order valence-electron chi connectivity index (χ1n) is 8.96. The minimum absolute atomic E-state index is 0.0284. The van der Waals surface area contributed by atoms with Gasteiger partial charge in [-0.15, -0.1) is 0 Å². The van der Waals surface area contributed by atoms with Crippen molar-refractivity contribution in [1.82, 2.24) is 24.8 Å². The molecule has 25 heavy (non-hydrogen) atoms. The Bertz CT molecular complexity index is 764. The van der Waals surface area contributed by atoms with Gasteiger partial charge in [0.05, 0.1) is 6.04 Å². The molecule has 0 aromatic carbocycles. The quantitative estimate of drug-likeness (QED) is 0.841. The van der Waals surface area contributed by atoms with Crippen molar-refractivity contribution in [1.29, 1.82) is 0 Å². The fraction of sp³-hybridized carbons (Fsp3) is 0.474. The van der Waals surface area contributed by atoms with Crippen molar-refractivity contribution < 1.29 is 4.79 Å². The lowest BCUT2D eigenvalue weighted by atomic mass is 9.99. The number of nitrogens with zero attached hydrogens (tertiary/aromatic N) is 5. The minimum Gasteiger partial charge on any atom is -0.328 e.